The third-order valence-corrected chi connectivity index (χ3v) is 5.79. The van der Waals surface area contributed by atoms with E-state index in [1.54, 1.807) is 31.5 Å². The number of carbonyl (C=O) groups excluding carboxylic acids is 2. The molecule has 5 nitrogen and oxygen atoms in total. The van der Waals surface area contributed by atoms with Gasteiger partial charge in [-0.1, -0.05) is 24.3 Å². The van der Waals surface area contributed by atoms with Crippen LogP contribution in [0.3, 0.4) is 0 Å². The number of pyridine rings is 1. The second kappa shape index (κ2) is 6.56. The van der Waals surface area contributed by atoms with Crippen LogP contribution in [0.25, 0.3) is 0 Å². The summed E-state index contributed by atoms with van der Waals surface area (Å²) >= 11 is 0. The third kappa shape index (κ3) is 2.77. The maximum Gasteiger partial charge on any atom is 0.253 e. The molecule has 2 aliphatic heterocycles. The Balaban J connectivity index is 1.62. The number of likely N-dealkylation sites (tertiary alicyclic amines) is 2. The first-order valence-electron chi connectivity index (χ1n) is 9.08. The minimum atomic E-state index is 0.0499. The quantitative estimate of drug-likeness (QED) is 0.838. The predicted molar refractivity (Wildman–Crippen MR) is 98.4 cm³/mol. The van der Waals surface area contributed by atoms with Crippen LogP contribution in [0, 0.1) is 18.8 Å². The molecule has 134 valence electrons. The average molecular weight is 349 g/mol. The summed E-state index contributed by atoms with van der Waals surface area (Å²) in [6.45, 7) is 5.85. The van der Waals surface area contributed by atoms with E-state index in [-0.39, 0.29) is 23.8 Å². The highest BCUT2D eigenvalue weighted by molar-refractivity contribution is 5.94. The molecule has 2 saturated heterocycles. The van der Waals surface area contributed by atoms with Gasteiger partial charge in [0.1, 0.15) is 0 Å². The van der Waals surface area contributed by atoms with Crippen LogP contribution in [0.4, 0.5) is 0 Å². The molecule has 0 radical (unpaired) electrons. The monoisotopic (exact) mass is 349 g/mol. The van der Waals surface area contributed by atoms with Crippen molar-refractivity contribution < 1.29 is 9.59 Å². The number of rotatable bonds is 2. The van der Waals surface area contributed by atoms with Crippen molar-refractivity contribution in [2.75, 3.05) is 19.6 Å². The number of carbonyl (C=O) groups is 2. The fraction of sp³-hybridized carbons (Fsp3) is 0.381. The van der Waals surface area contributed by atoms with E-state index in [9.17, 15) is 9.59 Å². The van der Waals surface area contributed by atoms with Crippen molar-refractivity contribution >= 4 is 11.8 Å². The molecular weight excluding hydrogens is 326 g/mol. The summed E-state index contributed by atoms with van der Waals surface area (Å²) in [6, 6.07) is 11.8. The van der Waals surface area contributed by atoms with Crippen molar-refractivity contribution in [3.63, 3.8) is 0 Å². The van der Waals surface area contributed by atoms with E-state index in [1.165, 1.54) is 11.1 Å². The minimum Gasteiger partial charge on any atom is -0.338 e. The van der Waals surface area contributed by atoms with Crippen molar-refractivity contribution in [3.8, 4) is 0 Å². The van der Waals surface area contributed by atoms with E-state index >= 15 is 0 Å². The number of hydrogen-bond donors (Lipinski definition) is 0. The number of benzene rings is 1. The van der Waals surface area contributed by atoms with Gasteiger partial charge in [0.2, 0.25) is 5.91 Å². The Kier molecular flexibility index (Phi) is 4.23. The SMILES string of the molecule is CC(=O)N1C[C@H]2CN(C(=O)c3ccncc3)C[C@H]2[C@@H]1c1ccccc1C. The molecule has 2 aromatic rings. The number of nitrogens with zero attached hydrogens (tertiary/aromatic N) is 3. The molecule has 3 atom stereocenters. The van der Waals surface area contributed by atoms with Crippen LogP contribution in [0.2, 0.25) is 0 Å². The lowest BCUT2D eigenvalue weighted by Crippen LogP contribution is -2.36. The smallest absolute Gasteiger partial charge is 0.253 e. The molecule has 0 saturated carbocycles. The van der Waals surface area contributed by atoms with Crippen LogP contribution in [-0.4, -0.2) is 46.2 Å². The second-order valence-corrected chi connectivity index (χ2v) is 7.34. The fourth-order valence-electron chi connectivity index (χ4n) is 4.53. The van der Waals surface area contributed by atoms with Gasteiger partial charge in [0, 0.05) is 56.4 Å². The fourth-order valence-corrected chi connectivity index (χ4v) is 4.53. The predicted octanol–water partition coefficient (Wildman–Crippen LogP) is 2.68. The van der Waals surface area contributed by atoms with Crippen LogP contribution >= 0.6 is 0 Å². The normalized spacial score (nSPS) is 24.6. The van der Waals surface area contributed by atoms with E-state index in [0.29, 0.717) is 24.6 Å². The van der Waals surface area contributed by atoms with Gasteiger partial charge in [-0.05, 0) is 30.2 Å². The lowest BCUT2D eigenvalue weighted by atomic mass is 9.87. The number of aromatic nitrogens is 1. The molecule has 5 heteroatoms. The minimum absolute atomic E-state index is 0.0499. The topological polar surface area (TPSA) is 53.5 Å². The highest BCUT2D eigenvalue weighted by Crippen LogP contribution is 2.45. The van der Waals surface area contributed by atoms with Gasteiger partial charge in [-0.3, -0.25) is 14.6 Å². The molecule has 0 spiro atoms. The Hall–Kier alpha value is -2.69. The molecule has 1 aromatic carbocycles. The first-order valence-corrected chi connectivity index (χ1v) is 9.08. The van der Waals surface area contributed by atoms with Gasteiger partial charge < -0.3 is 9.80 Å². The van der Waals surface area contributed by atoms with Crippen molar-refractivity contribution in [3.05, 3.63) is 65.5 Å². The first kappa shape index (κ1) is 16.8. The molecule has 0 N–H and O–H groups in total. The van der Waals surface area contributed by atoms with Gasteiger partial charge in [-0.25, -0.2) is 0 Å². The number of aryl methyl sites for hydroxylation is 1. The Morgan fingerprint density at radius 2 is 1.77 bits per heavy atom. The van der Waals surface area contributed by atoms with Gasteiger partial charge in [-0.2, -0.15) is 0 Å². The van der Waals surface area contributed by atoms with Crippen molar-refractivity contribution in [2.24, 2.45) is 11.8 Å². The summed E-state index contributed by atoms with van der Waals surface area (Å²) in [6.07, 6.45) is 3.30. The molecule has 0 bridgehead atoms. The lowest BCUT2D eigenvalue weighted by molar-refractivity contribution is -0.130. The molecule has 0 unspecified atom stereocenters. The summed E-state index contributed by atoms with van der Waals surface area (Å²) in [7, 11) is 0. The van der Waals surface area contributed by atoms with Crippen molar-refractivity contribution in [1.29, 1.82) is 0 Å². The second-order valence-electron chi connectivity index (χ2n) is 7.34. The van der Waals surface area contributed by atoms with Crippen LogP contribution in [0.15, 0.2) is 48.8 Å². The number of amides is 2. The Morgan fingerprint density at radius 3 is 2.46 bits per heavy atom. The zero-order valence-electron chi connectivity index (χ0n) is 15.1. The van der Waals surface area contributed by atoms with Crippen LogP contribution in [0.5, 0.6) is 0 Å². The average Bonchev–Trinajstić information content (AvgIpc) is 3.20. The van der Waals surface area contributed by atoms with Gasteiger partial charge >= 0.3 is 0 Å². The molecule has 1 aromatic heterocycles. The molecule has 3 heterocycles. The Bertz CT molecular complexity index is 836. The number of fused-ring (bicyclic) bond motifs is 1. The van der Waals surface area contributed by atoms with E-state index in [1.807, 2.05) is 21.9 Å². The van der Waals surface area contributed by atoms with Crippen molar-refractivity contribution in [2.45, 2.75) is 19.9 Å². The zero-order valence-corrected chi connectivity index (χ0v) is 15.1. The zero-order chi connectivity index (χ0) is 18.3. The summed E-state index contributed by atoms with van der Waals surface area (Å²) in [5.74, 6) is 0.777. The van der Waals surface area contributed by atoms with E-state index in [0.717, 1.165) is 6.54 Å². The van der Waals surface area contributed by atoms with E-state index in [4.69, 9.17) is 0 Å². The summed E-state index contributed by atoms with van der Waals surface area (Å²) in [5.41, 5.74) is 3.08. The van der Waals surface area contributed by atoms with Crippen LogP contribution in [-0.2, 0) is 4.79 Å². The largest absolute Gasteiger partial charge is 0.338 e. The standard InChI is InChI=1S/C21H23N3O2/c1-14-5-3-4-6-18(14)20-19-13-23(11-17(19)12-24(20)15(2)25)21(26)16-7-9-22-10-8-16/h3-10,17,19-20H,11-13H2,1-2H3/t17-,19-,20+/m1/s1. The van der Waals surface area contributed by atoms with Gasteiger partial charge in [-0.15, -0.1) is 0 Å². The third-order valence-electron chi connectivity index (χ3n) is 5.79. The van der Waals surface area contributed by atoms with Gasteiger partial charge in [0.25, 0.3) is 5.91 Å². The summed E-state index contributed by atoms with van der Waals surface area (Å²) in [5, 5.41) is 0. The molecule has 2 aliphatic rings. The highest BCUT2D eigenvalue weighted by Gasteiger charge is 2.49. The first-order chi connectivity index (χ1) is 12.6. The van der Waals surface area contributed by atoms with E-state index < -0.39 is 0 Å². The summed E-state index contributed by atoms with van der Waals surface area (Å²) in [4.78, 5) is 33.0. The van der Waals surface area contributed by atoms with Gasteiger partial charge in [0.15, 0.2) is 0 Å². The highest BCUT2D eigenvalue weighted by atomic mass is 16.2. The van der Waals surface area contributed by atoms with Crippen LogP contribution in [0.1, 0.15) is 34.5 Å². The lowest BCUT2D eigenvalue weighted by Gasteiger charge is -2.30. The Morgan fingerprint density at radius 1 is 1.04 bits per heavy atom. The maximum atomic E-state index is 12.8. The van der Waals surface area contributed by atoms with Gasteiger partial charge in [0.05, 0.1) is 6.04 Å². The molecular formula is C21H23N3O2. The molecule has 4 rings (SSSR count). The summed E-state index contributed by atoms with van der Waals surface area (Å²) < 4.78 is 0. The van der Waals surface area contributed by atoms with Crippen LogP contribution < -0.4 is 0 Å². The molecule has 2 amide bonds. The van der Waals surface area contributed by atoms with E-state index in [2.05, 4.69) is 24.0 Å². The molecule has 2 fully saturated rings. The van der Waals surface area contributed by atoms with Crippen molar-refractivity contribution in [1.82, 2.24) is 14.8 Å². The maximum absolute atomic E-state index is 12.8. The molecule has 26 heavy (non-hydrogen) atoms. The number of hydrogen-bond acceptors (Lipinski definition) is 3. The Labute approximate surface area is 153 Å². The molecule has 0 aliphatic carbocycles.